The van der Waals surface area contributed by atoms with Crippen molar-refractivity contribution in [3.05, 3.63) is 63.4 Å². The maximum Gasteiger partial charge on any atom is 0.198 e. The lowest BCUT2D eigenvalue weighted by molar-refractivity contribution is 0.103. The Hall–Kier alpha value is -1.58. The van der Waals surface area contributed by atoms with Gasteiger partial charge < -0.3 is 5.73 Å². The van der Waals surface area contributed by atoms with Crippen molar-refractivity contribution in [2.75, 3.05) is 5.73 Å². The van der Waals surface area contributed by atoms with Crippen LogP contribution in [-0.4, -0.2) is 5.78 Å². The van der Waals surface area contributed by atoms with Gasteiger partial charge in [0.25, 0.3) is 0 Å². The molecule has 0 unspecified atom stereocenters. The lowest BCUT2D eigenvalue weighted by Crippen LogP contribution is -2.07. The zero-order chi connectivity index (χ0) is 13.3. The van der Waals surface area contributed by atoms with Gasteiger partial charge in [0.15, 0.2) is 5.78 Å². The Morgan fingerprint density at radius 2 is 1.67 bits per heavy atom. The molecule has 0 amide bonds. The number of hydrogen-bond acceptors (Lipinski definition) is 2. The van der Waals surface area contributed by atoms with E-state index < -0.39 is 11.6 Å². The first kappa shape index (κ1) is 12.9. The van der Waals surface area contributed by atoms with Crippen molar-refractivity contribution in [1.29, 1.82) is 0 Å². The summed E-state index contributed by atoms with van der Waals surface area (Å²) in [6.07, 6.45) is 0. The van der Waals surface area contributed by atoms with Crippen LogP contribution in [0.5, 0.6) is 0 Å². The molecule has 2 aromatic carbocycles. The molecular formula is C13H8Cl2FNO. The van der Waals surface area contributed by atoms with Gasteiger partial charge in [-0.25, -0.2) is 4.39 Å². The number of carbonyl (C=O) groups excluding carboxylic acids is 1. The molecule has 0 aliphatic rings. The fraction of sp³-hybridized carbons (Fsp3) is 0. The molecule has 0 spiro atoms. The lowest BCUT2D eigenvalue weighted by Gasteiger charge is -2.07. The van der Waals surface area contributed by atoms with Crippen molar-refractivity contribution >= 4 is 34.7 Å². The van der Waals surface area contributed by atoms with Crippen LogP contribution in [-0.2, 0) is 0 Å². The summed E-state index contributed by atoms with van der Waals surface area (Å²) in [5.41, 5.74) is 5.94. The van der Waals surface area contributed by atoms with Crippen LogP contribution in [0.2, 0.25) is 10.0 Å². The first-order chi connectivity index (χ1) is 8.50. The number of hydrogen-bond donors (Lipinski definition) is 1. The lowest BCUT2D eigenvalue weighted by atomic mass is 10.0. The fourth-order valence-electron chi connectivity index (χ4n) is 1.55. The Morgan fingerprint density at radius 3 is 2.33 bits per heavy atom. The summed E-state index contributed by atoms with van der Waals surface area (Å²) < 4.78 is 13.5. The summed E-state index contributed by atoms with van der Waals surface area (Å²) >= 11 is 11.6. The van der Waals surface area contributed by atoms with E-state index in [2.05, 4.69) is 0 Å². The predicted molar refractivity (Wildman–Crippen MR) is 70.7 cm³/mol. The van der Waals surface area contributed by atoms with Crippen molar-refractivity contribution in [1.82, 2.24) is 0 Å². The zero-order valence-corrected chi connectivity index (χ0v) is 10.6. The van der Waals surface area contributed by atoms with Gasteiger partial charge in [-0.1, -0.05) is 35.3 Å². The summed E-state index contributed by atoms with van der Waals surface area (Å²) in [7, 11) is 0. The van der Waals surface area contributed by atoms with E-state index in [0.717, 1.165) is 0 Å². The number of nitrogens with two attached hydrogens (primary N) is 1. The molecule has 92 valence electrons. The topological polar surface area (TPSA) is 43.1 Å². The van der Waals surface area contributed by atoms with Gasteiger partial charge in [0.2, 0.25) is 0 Å². The highest BCUT2D eigenvalue weighted by Gasteiger charge is 2.17. The van der Waals surface area contributed by atoms with Gasteiger partial charge in [0, 0.05) is 11.3 Å². The van der Waals surface area contributed by atoms with Crippen molar-refractivity contribution in [3.8, 4) is 0 Å². The minimum Gasteiger partial charge on any atom is -0.398 e. The average molecular weight is 284 g/mol. The first-order valence-electron chi connectivity index (χ1n) is 5.04. The molecule has 2 rings (SSSR count). The highest BCUT2D eigenvalue weighted by molar-refractivity contribution is 6.42. The van der Waals surface area contributed by atoms with Crippen LogP contribution in [0, 0.1) is 5.82 Å². The second-order valence-corrected chi connectivity index (χ2v) is 4.48. The van der Waals surface area contributed by atoms with E-state index in [1.165, 1.54) is 30.3 Å². The molecule has 0 saturated carbocycles. The molecule has 0 saturated heterocycles. The number of ketones is 1. The number of nitrogen functional groups attached to an aromatic ring is 1. The maximum absolute atomic E-state index is 13.5. The number of benzene rings is 2. The highest BCUT2D eigenvalue weighted by Crippen LogP contribution is 2.29. The third-order valence-corrected chi connectivity index (χ3v) is 3.18. The number of rotatable bonds is 2. The summed E-state index contributed by atoms with van der Waals surface area (Å²) in [6.45, 7) is 0. The predicted octanol–water partition coefficient (Wildman–Crippen LogP) is 3.95. The van der Waals surface area contributed by atoms with Crippen LogP contribution >= 0.6 is 23.2 Å². The van der Waals surface area contributed by atoms with E-state index in [0.29, 0.717) is 0 Å². The van der Waals surface area contributed by atoms with Gasteiger partial charge >= 0.3 is 0 Å². The smallest absolute Gasteiger partial charge is 0.198 e. The molecule has 0 bridgehead atoms. The minimum atomic E-state index is -0.604. The van der Waals surface area contributed by atoms with Crippen molar-refractivity contribution in [2.24, 2.45) is 0 Å². The van der Waals surface area contributed by atoms with Gasteiger partial charge in [0.05, 0.1) is 15.6 Å². The summed E-state index contributed by atoms with van der Waals surface area (Å²) in [5, 5.41) is 0.449. The molecule has 0 fully saturated rings. The van der Waals surface area contributed by atoms with Crippen LogP contribution in [0.15, 0.2) is 36.4 Å². The quantitative estimate of drug-likeness (QED) is 0.670. The Morgan fingerprint density at radius 1 is 1.06 bits per heavy atom. The molecule has 2 aromatic rings. The van der Waals surface area contributed by atoms with Gasteiger partial charge in [-0.2, -0.15) is 0 Å². The van der Waals surface area contributed by atoms with Gasteiger partial charge in [-0.15, -0.1) is 0 Å². The van der Waals surface area contributed by atoms with Crippen molar-refractivity contribution in [3.63, 3.8) is 0 Å². The molecule has 0 atom stereocenters. The summed E-state index contributed by atoms with van der Waals surface area (Å²) in [6, 6.07) is 8.39. The Kier molecular flexibility index (Phi) is 3.55. The van der Waals surface area contributed by atoms with Crippen LogP contribution in [0.4, 0.5) is 10.1 Å². The van der Waals surface area contributed by atoms with Crippen LogP contribution in [0.25, 0.3) is 0 Å². The first-order valence-corrected chi connectivity index (χ1v) is 5.80. The SMILES string of the molecule is Nc1cc(Cl)c(Cl)cc1C(=O)c1ccccc1F. The van der Waals surface area contributed by atoms with Crippen molar-refractivity contribution in [2.45, 2.75) is 0 Å². The van der Waals surface area contributed by atoms with Crippen LogP contribution < -0.4 is 5.73 Å². The Balaban J connectivity index is 2.53. The molecule has 0 aliphatic carbocycles. The molecule has 0 radical (unpaired) electrons. The molecular weight excluding hydrogens is 276 g/mol. The Labute approximate surface area is 113 Å². The third-order valence-electron chi connectivity index (χ3n) is 2.46. The van der Waals surface area contributed by atoms with E-state index in [9.17, 15) is 9.18 Å². The number of carbonyl (C=O) groups is 1. The van der Waals surface area contributed by atoms with Crippen molar-refractivity contribution < 1.29 is 9.18 Å². The molecule has 0 aliphatic heterocycles. The van der Waals surface area contributed by atoms with Crippen LogP contribution in [0.3, 0.4) is 0 Å². The van der Waals surface area contributed by atoms with Crippen LogP contribution in [0.1, 0.15) is 15.9 Å². The van der Waals surface area contributed by atoms with Gasteiger partial charge in [0.1, 0.15) is 5.82 Å². The molecule has 0 heterocycles. The fourth-order valence-corrected chi connectivity index (χ4v) is 1.89. The van der Waals surface area contributed by atoms with E-state index in [1.54, 1.807) is 6.07 Å². The normalized spacial score (nSPS) is 10.4. The Bertz CT molecular complexity index is 628. The summed E-state index contributed by atoms with van der Waals surface area (Å²) in [5.74, 6) is -1.13. The maximum atomic E-state index is 13.5. The molecule has 0 aromatic heterocycles. The molecule has 5 heteroatoms. The largest absolute Gasteiger partial charge is 0.398 e. The molecule has 2 nitrogen and oxygen atoms in total. The zero-order valence-electron chi connectivity index (χ0n) is 9.08. The van der Waals surface area contributed by atoms with E-state index >= 15 is 0 Å². The average Bonchev–Trinajstić information content (AvgIpc) is 2.33. The highest BCUT2D eigenvalue weighted by atomic mass is 35.5. The number of anilines is 1. The second-order valence-electron chi connectivity index (χ2n) is 3.66. The van der Waals surface area contributed by atoms with Gasteiger partial charge in [-0.3, -0.25) is 4.79 Å². The molecule has 2 N–H and O–H groups in total. The third kappa shape index (κ3) is 2.33. The standard InChI is InChI=1S/C13H8Cl2FNO/c14-9-5-8(12(17)6-10(9)15)13(18)7-3-1-2-4-11(7)16/h1-6H,17H2. The van der Waals surface area contributed by atoms with E-state index in [1.807, 2.05) is 0 Å². The van der Waals surface area contributed by atoms with E-state index in [4.69, 9.17) is 28.9 Å². The summed E-state index contributed by atoms with van der Waals surface area (Å²) in [4.78, 5) is 12.1. The van der Waals surface area contributed by atoms with Gasteiger partial charge in [-0.05, 0) is 24.3 Å². The molecule has 18 heavy (non-hydrogen) atoms. The second kappa shape index (κ2) is 4.96. The monoisotopic (exact) mass is 283 g/mol. The number of halogens is 3. The van der Waals surface area contributed by atoms with E-state index in [-0.39, 0.29) is 26.9 Å². The minimum absolute atomic E-state index is 0.0532.